The van der Waals surface area contributed by atoms with Gasteiger partial charge >= 0.3 is 0 Å². The molecule has 6 nitrogen and oxygen atoms in total. The predicted molar refractivity (Wildman–Crippen MR) is 98.5 cm³/mol. The molecule has 3 rings (SSSR count). The minimum absolute atomic E-state index is 0.0880. The summed E-state index contributed by atoms with van der Waals surface area (Å²) in [7, 11) is 0. The van der Waals surface area contributed by atoms with Gasteiger partial charge in [0.15, 0.2) is 0 Å². The fourth-order valence-corrected chi connectivity index (χ4v) is 3.32. The van der Waals surface area contributed by atoms with Gasteiger partial charge in [0.2, 0.25) is 5.91 Å². The Hall–Kier alpha value is -2.37. The molecule has 2 aromatic heterocycles. The first-order valence-electron chi connectivity index (χ1n) is 9.00. The molecule has 1 saturated heterocycles. The Bertz CT molecular complexity index is 701. The Kier molecular flexibility index (Phi) is 5.36. The fourth-order valence-electron chi connectivity index (χ4n) is 3.32. The number of aromatic amines is 1. The molecule has 0 aliphatic carbocycles. The molecule has 1 fully saturated rings. The van der Waals surface area contributed by atoms with E-state index in [4.69, 9.17) is 0 Å². The van der Waals surface area contributed by atoms with E-state index in [0.717, 1.165) is 49.6 Å². The highest BCUT2D eigenvalue weighted by molar-refractivity contribution is 5.79. The van der Waals surface area contributed by atoms with Crippen LogP contribution in [0.2, 0.25) is 0 Å². The summed E-state index contributed by atoms with van der Waals surface area (Å²) < 4.78 is 0. The number of pyridine rings is 1. The first kappa shape index (κ1) is 17.5. The molecule has 134 valence electrons. The van der Waals surface area contributed by atoms with E-state index in [9.17, 15) is 4.79 Å². The van der Waals surface area contributed by atoms with Crippen LogP contribution < -0.4 is 10.2 Å². The maximum atomic E-state index is 12.5. The molecule has 2 N–H and O–H groups in total. The van der Waals surface area contributed by atoms with Gasteiger partial charge in [-0.15, -0.1) is 0 Å². The molecule has 0 spiro atoms. The number of anilines is 1. The van der Waals surface area contributed by atoms with Crippen molar-refractivity contribution in [3.8, 4) is 0 Å². The summed E-state index contributed by atoms with van der Waals surface area (Å²) in [6, 6.07) is 6.26. The van der Waals surface area contributed by atoms with Crippen LogP contribution in [-0.2, 0) is 11.2 Å². The summed E-state index contributed by atoms with van der Waals surface area (Å²) in [6.45, 7) is 7.81. The van der Waals surface area contributed by atoms with Crippen LogP contribution in [0.4, 0.5) is 5.82 Å². The molecule has 6 heteroatoms. The summed E-state index contributed by atoms with van der Waals surface area (Å²) in [4.78, 5) is 19.3. The SMILES string of the molecule is Cc1ccc(N2CCC(C(=O)N[C@@H](C)Cc3cc(C)[nH]n3)CC2)nc1. The maximum absolute atomic E-state index is 12.5. The Balaban J connectivity index is 1.47. The average molecular weight is 341 g/mol. The summed E-state index contributed by atoms with van der Waals surface area (Å²) in [5.41, 5.74) is 3.20. The highest BCUT2D eigenvalue weighted by Crippen LogP contribution is 2.22. The van der Waals surface area contributed by atoms with Gasteiger partial charge in [0.25, 0.3) is 0 Å². The zero-order valence-electron chi connectivity index (χ0n) is 15.2. The molecule has 25 heavy (non-hydrogen) atoms. The van der Waals surface area contributed by atoms with Crippen molar-refractivity contribution < 1.29 is 4.79 Å². The second kappa shape index (κ2) is 7.68. The molecule has 1 atom stereocenters. The van der Waals surface area contributed by atoms with Crippen LogP contribution in [0, 0.1) is 19.8 Å². The zero-order valence-corrected chi connectivity index (χ0v) is 15.2. The van der Waals surface area contributed by atoms with E-state index < -0.39 is 0 Å². The third kappa shape index (κ3) is 4.59. The number of rotatable bonds is 5. The molecule has 0 saturated carbocycles. The lowest BCUT2D eigenvalue weighted by molar-refractivity contribution is -0.126. The van der Waals surface area contributed by atoms with E-state index in [2.05, 4.69) is 37.5 Å². The lowest BCUT2D eigenvalue weighted by Gasteiger charge is -2.32. The van der Waals surface area contributed by atoms with Gasteiger partial charge in [-0.1, -0.05) is 6.07 Å². The first-order chi connectivity index (χ1) is 12.0. The molecule has 1 aliphatic rings. The molecule has 3 heterocycles. The largest absolute Gasteiger partial charge is 0.357 e. The average Bonchev–Trinajstić information content (AvgIpc) is 3.00. The van der Waals surface area contributed by atoms with E-state index in [1.165, 1.54) is 5.56 Å². The van der Waals surface area contributed by atoms with Crippen LogP contribution in [-0.4, -0.2) is 40.2 Å². The molecule has 1 amide bonds. The summed E-state index contributed by atoms with van der Waals surface area (Å²) in [6.07, 6.45) is 4.39. The summed E-state index contributed by atoms with van der Waals surface area (Å²) >= 11 is 0. The number of carbonyl (C=O) groups is 1. The van der Waals surface area contributed by atoms with Gasteiger partial charge in [0.1, 0.15) is 5.82 Å². The number of aryl methyl sites for hydroxylation is 2. The maximum Gasteiger partial charge on any atom is 0.223 e. The van der Waals surface area contributed by atoms with Crippen LogP contribution in [0.1, 0.15) is 36.7 Å². The van der Waals surface area contributed by atoms with Crippen LogP contribution in [0.15, 0.2) is 24.4 Å². The van der Waals surface area contributed by atoms with Crippen molar-refractivity contribution in [2.24, 2.45) is 5.92 Å². The van der Waals surface area contributed by atoms with Crippen molar-refractivity contribution in [1.82, 2.24) is 20.5 Å². The third-order valence-corrected chi connectivity index (χ3v) is 4.75. The number of piperidine rings is 1. The van der Waals surface area contributed by atoms with Crippen LogP contribution in [0.3, 0.4) is 0 Å². The summed E-state index contributed by atoms with van der Waals surface area (Å²) in [5, 5.41) is 10.3. The molecule has 2 aromatic rings. The summed E-state index contributed by atoms with van der Waals surface area (Å²) in [5.74, 6) is 1.26. The molecule has 0 unspecified atom stereocenters. The van der Waals surface area contributed by atoms with E-state index in [-0.39, 0.29) is 17.9 Å². The second-order valence-electron chi connectivity index (χ2n) is 7.11. The Morgan fingerprint density at radius 3 is 2.72 bits per heavy atom. The van der Waals surface area contributed by atoms with Gasteiger partial charge < -0.3 is 10.2 Å². The number of nitrogens with one attached hydrogen (secondary N) is 2. The predicted octanol–water partition coefficient (Wildman–Crippen LogP) is 2.39. The van der Waals surface area contributed by atoms with Gasteiger partial charge in [0.05, 0.1) is 5.69 Å². The zero-order chi connectivity index (χ0) is 17.8. The molecule has 1 aliphatic heterocycles. The Morgan fingerprint density at radius 1 is 1.36 bits per heavy atom. The molecule has 0 aromatic carbocycles. The molecule has 0 bridgehead atoms. The fraction of sp³-hybridized carbons (Fsp3) is 0.526. The first-order valence-corrected chi connectivity index (χ1v) is 9.00. The number of carbonyl (C=O) groups excluding carboxylic acids is 1. The monoisotopic (exact) mass is 341 g/mol. The van der Waals surface area contributed by atoms with Crippen molar-refractivity contribution in [2.45, 2.75) is 46.1 Å². The standard InChI is InChI=1S/C19H27N5O/c1-13-4-5-18(20-12-13)24-8-6-16(7-9-24)19(25)21-14(2)10-17-11-15(3)22-23-17/h4-5,11-12,14,16H,6-10H2,1-3H3,(H,21,25)(H,22,23)/t14-/m0/s1. The van der Waals surface area contributed by atoms with E-state index >= 15 is 0 Å². The van der Waals surface area contributed by atoms with Gasteiger partial charge in [-0.3, -0.25) is 9.89 Å². The number of nitrogens with zero attached hydrogens (tertiary/aromatic N) is 3. The highest BCUT2D eigenvalue weighted by atomic mass is 16.1. The topological polar surface area (TPSA) is 73.9 Å². The van der Waals surface area contributed by atoms with Crippen LogP contribution in [0.25, 0.3) is 0 Å². The number of hydrogen-bond acceptors (Lipinski definition) is 4. The second-order valence-corrected chi connectivity index (χ2v) is 7.11. The van der Waals surface area contributed by atoms with Crippen LogP contribution in [0.5, 0.6) is 0 Å². The number of H-pyrrole nitrogens is 1. The van der Waals surface area contributed by atoms with Crippen molar-refractivity contribution in [2.75, 3.05) is 18.0 Å². The third-order valence-electron chi connectivity index (χ3n) is 4.75. The van der Waals surface area contributed by atoms with Crippen molar-refractivity contribution in [1.29, 1.82) is 0 Å². The van der Waals surface area contributed by atoms with Crippen molar-refractivity contribution in [3.63, 3.8) is 0 Å². The number of amides is 1. The van der Waals surface area contributed by atoms with Gasteiger partial charge in [-0.25, -0.2) is 4.98 Å². The number of hydrogen-bond donors (Lipinski definition) is 2. The minimum Gasteiger partial charge on any atom is -0.357 e. The van der Waals surface area contributed by atoms with Gasteiger partial charge in [-0.05, 0) is 51.3 Å². The Morgan fingerprint density at radius 2 is 2.12 bits per heavy atom. The number of aromatic nitrogens is 3. The van der Waals surface area contributed by atoms with Crippen molar-refractivity contribution in [3.05, 3.63) is 41.3 Å². The minimum atomic E-state index is 0.0880. The van der Waals surface area contributed by atoms with E-state index in [1.807, 2.05) is 33.0 Å². The molecular weight excluding hydrogens is 314 g/mol. The van der Waals surface area contributed by atoms with Crippen molar-refractivity contribution >= 4 is 11.7 Å². The highest BCUT2D eigenvalue weighted by Gasteiger charge is 2.26. The molecule has 0 radical (unpaired) electrons. The van der Waals surface area contributed by atoms with E-state index in [1.54, 1.807) is 0 Å². The lowest BCUT2D eigenvalue weighted by Crippen LogP contribution is -2.43. The van der Waals surface area contributed by atoms with Gasteiger partial charge in [0, 0.05) is 43.4 Å². The quantitative estimate of drug-likeness (QED) is 0.876. The lowest BCUT2D eigenvalue weighted by atomic mass is 9.95. The van der Waals surface area contributed by atoms with Crippen LogP contribution >= 0.6 is 0 Å². The smallest absolute Gasteiger partial charge is 0.223 e. The molecular formula is C19H27N5O. The Labute approximate surface area is 149 Å². The normalized spacial score (nSPS) is 16.7. The van der Waals surface area contributed by atoms with Gasteiger partial charge in [-0.2, -0.15) is 5.10 Å². The van der Waals surface area contributed by atoms with E-state index in [0.29, 0.717) is 0 Å².